The molecule has 1 saturated carbocycles. The second-order valence-electron chi connectivity index (χ2n) is 5.70. The average Bonchev–Trinajstić information content (AvgIpc) is 3.33. The first-order chi connectivity index (χ1) is 9.79. The molecule has 1 N–H and O–H groups in total. The molecule has 1 aliphatic carbocycles. The number of benzene rings is 1. The summed E-state index contributed by atoms with van der Waals surface area (Å²) in [5.74, 6) is 1.41. The number of hydrogen-bond donors (Lipinski definition) is 1. The molecule has 0 saturated heterocycles. The van der Waals surface area contributed by atoms with E-state index < -0.39 is 5.54 Å². The number of likely N-dealkylation sites (N-methyl/N-ethyl adjacent to an activating group) is 1. The predicted molar refractivity (Wildman–Crippen MR) is 78.9 cm³/mol. The van der Waals surface area contributed by atoms with Gasteiger partial charge in [0.25, 0.3) is 0 Å². The Morgan fingerprint density at radius 1 is 1.45 bits per heavy atom. The maximum atomic E-state index is 9.67. The van der Waals surface area contributed by atoms with Crippen LogP contribution >= 0.6 is 0 Å². The third kappa shape index (κ3) is 2.34. The largest absolute Gasteiger partial charge is 0.491 e. The fourth-order valence-electron chi connectivity index (χ4n) is 3.03. The molecular weight excluding hydrogens is 250 g/mol. The number of nitrogens with zero attached hydrogens (tertiary/aromatic N) is 2. The van der Waals surface area contributed by atoms with E-state index in [1.807, 2.05) is 25.2 Å². The van der Waals surface area contributed by atoms with Crippen LogP contribution in [0.1, 0.15) is 19.3 Å². The highest BCUT2D eigenvalue weighted by Crippen LogP contribution is 2.41. The molecule has 1 heterocycles. The third-order valence-corrected chi connectivity index (χ3v) is 4.40. The molecule has 0 aromatic heterocycles. The number of nitriles is 1. The van der Waals surface area contributed by atoms with Crippen LogP contribution in [0.5, 0.6) is 5.75 Å². The van der Waals surface area contributed by atoms with E-state index in [0.717, 1.165) is 50.4 Å². The summed E-state index contributed by atoms with van der Waals surface area (Å²) in [4.78, 5) is 2.31. The molecule has 0 radical (unpaired) electrons. The highest BCUT2D eigenvalue weighted by Gasteiger charge is 2.46. The quantitative estimate of drug-likeness (QED) is 0.911. The van der Waals surface area contributed by atoms with Crippen molar-refractivity contribution >= 4 is 5.69 Å². The van der Waals surface area contributed by atoms with Gasteiger partial charge in [-0.2, -0.15) is 5.26 Å². The lowest BCUT2D eigenvalue weighted by molar-refractivity contribution is 0.321. The number of anilines is 1. The Morgan fingerprint density at radius 3 is 2.95 bits per heavy atom. The Hall–Kier alpha value is -1.73. The highest BCUT2D eigenvalue weighted by molar-refractivity contribution is 5.59. The van der Waals surface area contributed by atoms with Gasteiger partial charge >= 0.3 is 0 Å². The average molecular weight is 271 g/mol. The first kappa shape index (κ1) is 13.3. The molecule has 1 atom stereocenters. The van der Waals surface area contributed by atoms with E-state index in [1.54, 1.807) is 0 Å². The topological polar surface area (TPSA) is 48.3 Å². The molecule has 0 amide bonds. The zero-order valence-corrected chi connectivity index (χ0v) is 11.9. The molecule has 20 heavy (non-hydrogen) atoms. The van der Waals surface area contributed by atoms with Crippen molar-refractivity contribution in [1.29, 1.82) is 5.26 Å². The number of fused-ring (bicyclic) bond motifs is 1. The lowest BCUT2D eigenvalue weighted by atomic mass is 9.94. The second-order valence-corrected chi connectivity index (χ2v) is 5.70. The van der Waals surface area contributed by atoms with E-state index in [4.69, 9.17) is 4.74 Å². The second kappa shape index (κ2) is 5.34. The summed E-state index contributed by atoms with van der Waals surface area (Å²) in [6.45, 7) is 2.41. The van der Waals surface area contributed by atoms with Crippen LogP contribution < -0.4 is 15.0 Å². The zero-order valence-electron chi connectivity index (χ0n) is 11.9. The summed E-state index contributed by atoms with van der Waals surface area (Å²) in [5, 5.41) is 12.9. The minimum Gasteiger partial charge on any atom is -0.491 e. The standard InChI is InChI=1S/C16H21N3O/c1-18-16(11-17,13-7-8-13)12-19-9-4-10-20-15-6-3-2-5-14(15)19/h2-3,5-6,13,18H,4,7-10,12H2,1H3. The van der Waals surface area contributed by atoms with Gasteiger partial charge in [0.15, 0.2) is 0 Å². The van der Waals surface area contributed by atoms with Crippen LogP contribution in [-0.4, -0.2) is 32.3 Å². The van der Waals surface area contributed by atoms with Crippen molar-refractivity contribution in [3.8, 4) is 11.8 Å². The molecule has 1 aromatic carbocycles. The van der Waals surface area contributed by atoms with Crippen LogP contribution in [0.3, 0.4) is 0 Å². The van der Waals surface area contributed by atoms with Crippen molar-refractivity contribution in [3.63, 3.8) is 0 Å². The van der Waals surface area contributed by atoms with Crippen LogP contribution in [0.25, 0.3) is 0 Å². The first-order valence-electron chi connectivity index (χ1n) is 7.36. The Kier molecular flexibility index (Phi) is 3.54. The number of hydrogen-bond acceptors (Lipinski definition) is 4. The van der Waals surface area contributed by atoms with Crippen molar-refractivity contribution in [2.24, 2.45) is 5.92 Å². The van der Waals surface area contributed by atoms with Gasteiger partial charge < -0.3 is 15.0 Å². The molecule has 0 bridgehead atoms. The number of rotatable bonds is 4. The summed E-state index contributed by atoms with van der Waals surface area (Å²) in [6, 6.07) is 10.7. The minimum atomic E-state index is -0.433. The molecule has 2 aliphatic rings. The van der Waals surface area contributed by atoms with E-state index >= 15 is 0 Å². The van der Waals surface area contributed by atoms with Crippen molar-refractivity contribution in [1.82, 2.24) is 5.32 Å². The predicted octanol–water partition coefficient (Wildman–Crippen LogP) is 2.17. The third-order valence-electron chi connectivity index (χ3n) is 4.40. The van der Waals surface area contributed by atoms with Gasteiger partial charge in [-0.15, -0.1) is 0 Å². The molecule has 3 rings (SSSR count). The normalized spacial score (nSPS) is 21.1. The molecule has 1 aromatic rings. The lowest BCUT2D eigenvalue weighted by Gasteiger charge is -2.34. The smallest absolute Gasteiger partial charge is 0.142 e. The maximum absolute atomic E-state index is 9.67. The summed E-state index contributed by atoms with van der Waals surface area (Å²) in [5.41, 5.74) is 0.679. The molecule has 0 spiro atoms. The van der Waals surface area contributed by atoms with Gasteiger partial charge in [0.1, 0.15) is 11.3 Å². The van der Waals surface area contributed by atoms with Gasteiger partial charge in [0, 0.05) is 13.1 Å². The Labute approximate surface area is 120 Å². The van der Waals surface area contributed by atoms with Gasteiger partial charge in [-0.25, -0.2) is 0 Å². The molecule has 106 valence electrons. The number of nitrogens with one attached hydrogen (secondary N) is 1. The molecule has 4 heteroatoms. The summed E-state index contributed by atoms with van der Waals surface area (Å²) < 4.78 is 5.79. The molecule has 4 nitrogen and oxygen atoms in total. The van der Waals surface area contributed by atoms with Gasteiger partial charge in [0.2, 0.25) is 0 Å². The maximum Gasteiger partial charge on any atom is 0.142 e. The van der Waals surface area contributed by atoms with Gasteiger partial charge in [-0.1, -0.05) is 12.1 Å². The van der Waals surface area contributed by atoms with Gasteiger partial charge in [-0.05, 0) is 44.4 Å². The Morgan fingerprint density at radius 2 is 2.25 bits per heavy atom. The molecule has 1 aliphatic heterocycles. The van der Waals surface area contributed by atoms with Gasteiger partial charge in [-0.3, -0.25) is 0 Å². The SMILES string of the molecule is CNC(C#N)(CN1CCCOc2ccccc21)C1CC1. The first-order valence-corrected chi connectivity index (χ1v) is 7.36. The highest BCUT2D eigenvalue weighted by atomic mass is 16.5. The fourth-order valence-corrected chi connectivity index (χ4v) is 3.03. The van der Waals surface area contributed by atoms with Crippen molar-refractivity contribution < 1.29 is 4.74 Å². The summed E-state index contributed by atoms with van der Waals surface area (Å²) in [7, 11) is 1.90. The number of ether oxygens (including phenoxy) is 1. The van der Waals surface area contributed by atoms with Crippen LogP contribution in [0.4, 0.5) is 5.69 Å². The minimum absolute atomic E-state index is 0.433. The summed E-state index contributed by atoms with van der Waals surface area (Å²) >= 11 is 0. The molecule has 1 fully saturated rings. The van der Waals surface area contributed by atoms with Crippen molar-refractivity contribution in [2.75, 3.05) is 31.6 Å². The molecular formula is C16H21N3O. The molecule has 1 unspecified atom stereocenters. The van der Waals surface area contributed by atoms with Gasteiger partial charge in [0.05, 0.1) is 18.4 Å². The van der Waals surface area contributed by atoms with E-state index in [9.17, 15) is 5.26 Å². The van der Waals surface area contributed by atoms with Crippen LogP contribution in [0.2, 0.25) is 0 Å². The van der Waals surface area contributed by atoms with E-state index in [-0.39, 0.29) is 0 Å². The van der Waals surface area contributed by atoms with Crippen LogP contribution in [-0.2, 0) is 0 Å². The number of para-hydroxylation sites is 2. The van der Waals surface area contributed by atoms with E-state index in [0.29, 0.717) is 5.92 Å². The van der Waals surface area contributed by atoms with E-state index in [1.165, 1.54) is 0 Å². The lowest BCUT2D eigenvalue weighted by Crippen LogP contribution is -2.53. The Bertz CT molecular complexity index is 521. The Balaban J connectivity index is 1.88. The van der Waals surface area contributed by atoms with Crippen molar-refractivity contribution in [3.05, 3.63) is 24.3 Å². The van der Waals surface area contributed by atoms with E-state index in [2.05, 4.69) is 22.4 Å². The monoisotopic (exact) mass is 271 g/mol. The van der Waals surface area contributed by atoms with Crippen molar-refractivity contribution in [2.45, 2.75) is 24.8 Å². The summed E-state index contributed by atoms with van der Waals surface area (Å²) in [6.07, 6.45) is 3.30. The zero-order chi connectivity index (χ0) is 14.0. The fraction of sp³-hybridized carbons (Fsp3) is 0.562. The van der Waals surface area contributed by atoms with Crippen LogP contribution in [0.15, 0.2) is 24.3 Å². The van der Waals surface area contributed by atoms with Crippen LogP contribution in [0, 0.1) is 17.2 Å².